The van der Waals surface area contributed by atoms with E-state index in [9.17, 15) is 9.90 Å². The summed E-state index contributed by atoms with van der Waals surface area (Å²) in [4.78, 5) is 12.3. The van der Waals surface area contributed by atoms with E-state index in [1.165, 1.54) is 11.8 Å². The number of rotatable bonds is 3. The number of phenolic OH excluding ortho intramolecular Hbond substituents is 1. The Morgan fingerprint density at radius 1 is 1.11 bits per heavy atom. The van der Waals surface area contributed by atoms with E-state index in [0.29, 0.717) is 6.42 Å². The van der Waals surface area contributed by atoms with Crippen molar-refractivity contribution in [3.8, 4) is 16.9 Å². The van der Waals surface area contributed by atoms with Crippen LogP contribution in [0.15, 0.2) is 53.4 Å². The highest BCUT2D eigenvalue weighted by molar-refractivity contribution is 8.13. The van der Waals surface area contributed by atoms with Crippen LogP contribution in [0.2, 0.25) is 0 Å². The molecule has 0 fully saturated rings. The standard InChI is InChI=1S/C15H14O2S/c1-2-15(17)18-14-8-4-6-12(10-14)11-5-3-7-13(16)9-11/h3-10,16H,2H2,1H3. The van der Waals surface area contributed by atoms with E-state index < -0.39 is 0 Å². The lowest BCUT2D eigenvalue weighted by Gasteiger charge is -2.05. The Morgan fingerprint density at radius 3 is 2.44 bits per heavy atom. The van der Waals surface area contributed by atoms with E-state index in [-0.39, 0.29) is 10.9 Å². The van der Waals surface area contributed by atoms with Crippen molar-refractivity contribution >= 4 is 16.9 Å². The molecule has 0 saturated heterocycles. The number of carbonyl (C=O) groups is 1. The normalized spacial score (nSPS) is 10.3. The largest absolute Gasteiger partial charge is 0.508 e. The van der Waals surface area contributed by atoms with Crippen molar-refractivity contribution in [3.05, 3.63) is 48.5 Å². The maximum Gasteiger partial charge on any atom is 0.193 e. The van der Waals surface area contributed by atoms with Crippen LogP contribution in [0.5, 0.6) is 5.75 Å². The van der Waals surface area contributed by atoms with Crippen LogP contribution in [0.25, 0.3) is 11.1 Å². The molecule has 0 aliphatic rings. The summed E-state index contributed by atoms with van der Waals surface area (Å²) in [5, 5.41) is 9.62. The first-order valence-corrected chi connectivity index (χ1v) is 6.61. The monoisotopic (exact) mass is 258 g/mol. The summed E-state index contributed by atoms with van der Waals surface area (Å²) >= 11 is 1.26. The summed E-state index contributed by atoms with van der Waals surface area (Å²) in [5.74, 6) is 0.246. The van der Waals surface area contributed by atoms with Gasteiger partial charge in [0.25, 0.3) is 0 Å². The zero-order chi connectivity index (χ0) is 13.0. The van der Waals surface area contributed by atoms with Crippen LogP contribution < -0.4 is 0 Å². The molecule has 0 radical (unpaired) electrons. The average Bonchev–Trinajstić information content (AvgIpc) is 2.39. The lowest BCUT2D eigenvalue weighted by molar-refractivity contribution is -0.110. The fourth-order valence-corrected chi connectivity index (χ4v) is 2.37. The fraction of sp³-hybridized carbons (Fsp3) is 0.133. The topological polar surface area (TPSA) is 37.3 Å². The van der Waals surface area contributed by atoms with Gasteiger partial charge in [-0.1, -0.05) is 43.0 Å². The Morgan fingerprint density at radius 2 is 1.78 bits per heavy atom. The summed E-state index contributed by atoms with van der Waals surface area (Å²) in [7, 11) is 0. The first kappa shape index (κ1) is 12.7. The van der Waals surface area contributed by atoms with Crippen molar-refractivity contribution in [2.45, 2.75) is 18.2 Å². The van der Waals surface area contributed by atoms with Gasteiger partial charge in [0.05, 0.1) is 0 Å². The third-order valence-corrected chi connectivity index (χ3v) is 3.54. The van der Waals surface area contributed by atoms with Crippen molar-refractivity contribution < 1.29 is 9.90 Å². The van der Waals surface area contributed by atoms with Crippen LogP contribution in [0.1, 0.15) is 13.3 Å². The smallest absolute Gasteiger partial charge is 0.193 e. The second-order valence-corrected chi connectivity index (χ2v) is 5.04. The molecule has 1 N–H and O–H groups in total. The minimum atomic E-state index is 0.156. The Labute approximate surface area is 111 Å². The summed E-state index contributed by atoms with van der Waals surface area (Å²) < 4.78 is 0. The maximum absolute atomic E-state index is 11.4. The predicted molar refractivity (Wildman–Crippen MR) is 74.7 cm³/mol. The molecule has 0 unspecified atom stereocenters. The molecule has 0 spiro atoms. The van der Waals surface area contributed by atoms with Crippen LogP contribution in [0, 0.1) is 0 Å². The second-order valence-electron chi connectivity index (χ2n) is 3.91. The SMILES string of the molecule is CCC(=O)Sc1cccc(-c2cccc(O)c2)c1. The Balaban J connectivity index is 2.29. The van der Waals surface area contributed by atoms with Gasteiger partial charge in [0.1, 0.15) is 5.75 Å². The third kappa shape index (κ3) is 3.14. The van der Waals surface area contributed by atoms with E-state index in [0.717, 1.165) is 16.0 Å². The molecule has 0 saturated carbocycles. The molecular weight excluding hydrogens is 244 g/mol. The average molecular weight is 258 g/mol. The molecule has 2 rings (SSSR count). The molecule has 18 heavy (non-hydrogen) atoms. The number of hydrogen-bond acceptors (Lipinski definition) is 3. The molecule has 0 atom stereocenters. The van der Waals surface area contributed by atoms with Gasteiger partial charge in [-0.05, 0) is 35.4 Å². The van der Waals surface area contributed by atoms with Gasteiger partial charge in [-0.15, -0.1) is 0 Å². The zero-order valence-corrected chi connectivity index (χ0v) is 10.9. The summed E-state index contributed by atoms with van der Waals surface area (Å²) in [6, 6.07) is 14.9. The van der Waals surface area contributed by atoms with Crippen LogP contribution in [0.3, 0.4) is 0 Å². The number of phenols is 1. The highest BCUT2D eigenvalue weighted by atomic mass is 32.2. The highest BCUT2D eigenvalue weighted by Crippen LogP contribution is 2.28. The molecule has 2 aromatic carbocycles. The highest BCUT2D eigenvalue weighted by Gasteiger charge is 2.04. The van der Waals surface area contributed by atoms with E-state index in [1.807, 2.05) is 43.3 Å². The molecule has 3 heteroatoms. The van der Waals surface area contributed by atoms with Crippen LogP contribution in [0.4, 0.5) is 0 Å². The maximum atomic E-state index is 11.4. The first-order chi connectivity index (χ1) is 8.69. The molecule has 0 heterocycles. The number of aromatic hydroxyl groups is 1. The molecular formula is C15H14O2S. The van der Waals surface area contributed by atoms with Crippen molar-refractivity contribution in [2.75, 3.05) is 0 Å². The zero-order valence-electron chi connectivity index (χ0n) is 10.1. The molecule has 0 amide bonds. The molecule has 0 aromatic heterocycles. The van der Waals surface area contributed by atoms with E-state index in [2.05, 4.69) is 0 Å². The minimum Gasteiger partial charge on any atom is -0.508 e. The predicted octanol–water partition coefficient (Wildman–Crippen LogP) is 4.09. The van der Waals surface area contributed by atoms with Gasteiger partial charge in [0.2, 0.25) is 0 Å². The molecule has 92 valence electrons. The van der Waals surface area contributed by atoms with Crippen LogP contribution in [-0.2, 0) is 4.79 Å². The van der Waals surface area contributed by atoms with E-state index in [4.69, 9.17) is 0 Å². The van der Waals surface area contributed by atoms with Gasteiger partial charge in [0, 0.05) is 11.3 Å². The van der Waals surface area contributed by atoms with Crippen LogP contribution >= 0.6 is 11.8 Å². The first-order valence-electron chi connectivity index (χ1n) is 5.79. The second kappa shape index (κ2) is 5.74. The van der Waals surface area contributed by atoms with Gasteiger partial charge in [-0.3, -0.25) is 4.79 Å². The molecule has 0 aliphatic heterocycles. The molecule has 2 aromatic rings. The van der Waals surface area contributed by atoms with Gasteiger partial charge < -0.3 is 5.11 Å². The number of benzene rings is 2. The molecule has 0 bridgehead atoms. The fourth-order valence-electron chi connectivity index (χ4n) is 1.63. The Hall–Kier alpha value is -1.74. The summed E-state index contributed by atoms with van der Waals surface area (Å²) in [5.41, 5.74) is 1.95. The van der Waals surface area contributed by atoms with E-state index >= 15 is 0 Å². The Kier molecular flexibility index (Phi) is 4.05. The summed E-state index contributed by atoms with van der Waals surface area (Å²) in [6.07, 6.45) is 0.529. The van der Waals surface area contributed by atoms with Gasteiger partial charge in [-0.2, -0.15) is 0 Å². The van der Waals surface area contributed by atoms with Gasteiger partial charge >= 0.3 is 0 Å². The van der Waals surface area contributed by atoms with Crippen molar-refractivity contribution in [3.63, 3.8) is 0 Å². The quantitative estimate of drug-likeness (QED) is 0.843. The number of hydrogen-bond donors (Lipinski definition) is 1. The Bertz CT molecular complexity index is 564. The third-order valence-electron chi connectivity index (χ3n) is 2.53. The lowest BCUT2D eigenvalue weighted by atomic mass is 10.1. The van der Waals surface area contributed by atoms with Crippen LogP contribution in [-0.4, -0.2) is 10.2 Å². The summed E-state index contributed by atoms with van der Waals surface area (Å²) in [6.45, 7) is 1.86. The van der Waals surface area contributed by atoms with Gasteiger partial charge in [-0.25, -0.2) is 0 Å². The number of carbonyl (C=O) groups excluding carboxylic acids is 1. The van der Waals surface area contributed by atoms with Gasteiger partial charge in [0.15, 0.2) is 5.12 Å². The van der Waals surface area contributed by atoms with Crippen molar-refractivity contribution in [1.82, 2.24) is 0 Å². The van der Waals surface area contributed by atoms with E-state index in [1.54, 1.807) is 12.1 Å². The van der Waals surface area contributed by atoms with Crippen molar-refractivity contribution in [1.29, 1.82) is 0 Å². The minimum absolute atomic E-state index is 0.156. The molecule has 2 nitrogen and oxygen atoms in total. The lowest BCUT2D eigenvalue weighted by Crippen LogP contribution is -1.87. The number of thioether (sulfide) groups is 1. The molecule has 0 aliphatic carbocycles. The van der Waals surface area contributed by atoms with Crippen molar-refractivity contribution in [2.24, 2.45) is 0 Å².